The third kappa shape index (κ3) is 3.82. The first-order valence-corrected chi connectivity index (χ1v) is 8.64. The number of amides is 3. The Morgan fingerprint density at radius 2 is 2.00 bits per heavy atom. The highest BCUT2D eigenvalue weighted by atomic mass is 35.5. The molecule has 0 spiro atoms. The Bertz CT molecular complexity index is 608. The highest BCUT2D eigenvalue weighted by Crippen LogP contribution is 2.26. The molecular formula is C17H22ClN3O3. The zero-order chi connectivity index (χ0) is 17.1. The van der Waals surface area contributed by atoms with E-state index in [4.69, 9.17) is 16.7 Å². The summed E-state index contributed by atoms with van der Waals surface area (Å²) in [6, 6.07) is 7.10. The number of halogens is 1. The quantitative estimate of drug-likeness (QED) is 0.867. The molecule has 1 aromatic carbocycles. The molecule has 0 radical (unpaired) electrons. The Labute approximate surface area is 146 Å². The molecule has 2 unspecified atom stereocenters. The molecular weight excluding hydrogens is 330 g/mol. The van der Waals surface area contributed by atoms with Gasteiger partial charge in [0.2, 0.25) is 5.91 Å². The van der Waals surface area contributed by atoms with Gasteiger partial charge in [0.1, 0.15) is 0 Å². The summed E-state index contributed by atoms with van der Waals surface area (Å²) in [4.78, 5) is 27.8. The molecule has 0 aromatic heterocycles. The van der Waals surface area contributed by atoms with Crippen LogP contribution in [0.25, 0.3) is 0 Å². The summed E-state index contributed by atoms with van der Waals surface area (Å²) in [5.74, 6) is 0.357. The van der Waals surface area contributed by atoms with Crippen LogP contribution < -0.4 is 10.2 Å². The van der Waals surface area contributed by atoms with E-state index in [1.54, 1.807) is 21.9 Å². The summed E-state index contributed by atoms with van der Waals surface area (Å²) in [5.41, 5.74) is 0.837. The summed E-state index contributed by atoms with van der Waals surface area (Å²) < 4.78 is 0. The van der Waals surface area contributed by atoms with E-state index >= 15 is 0 Å². The van der Waals surface area contributed by atoms with Crippen LogP contribution in [-0.2, 0) is 4.79 Å². The van der Waals surface area contributed by atoms with Crippen molar-refractivity contribution in [3.63, 3.8) is 0 Å². The summed E-state index contributed by atoms with van der Waals surface area (Å²) in [7, 11) is 0. The lowest BCUT2D eigenvalue weighted by molar-refractivity contribution is -0.117. The van der Waals surface area contributed by atoms with E-state index < -0.39 is 0 Å². The summed E-state index contributed by atoms with van der Waals surface area (Å²) in [5, 5.41) is 12.7. The maximum absolute atomic E-state index is 12.2. The zero-order valence-electron chi connectivity index (χ0n) is 13.4. The SMILES string of the molecule is O=C(NCC1CC(=O)N(c2ccc(Cl)cc2)C1)N1CCC(CO)C1. The van der Waals surface area contributed by atoms with E-state index in [1.807, 2.05) is 12.1 Å². The van der Waals surface area contributed by atoms with Crippen LogP contribution in [0.3, 0.4) is 0 Å². The van der Waals surface area contributed by atoms with Crippen LogP contribution in [0.2, 0.25) is 5.02 Å². The Hall–Kier alpha value is -1.79. The maximum atomic E-state index is 12.2. The van der Waals surface area contributed by atoms with Crippen molar-refractivity contribution in [2.45, 2.75) is 12.8 Å². The number of aliphatic hydroxyl groups excluding tert-OH is 1. The van der Waals surface area contributed by atoms with E-state index in [9.17, 15) is 9.59 Å². The molecule has 6 nitrogen and oxygen atoms in total. The standard InChI is InChI=1S/C17H22ClN3O3/c18-14-1-3-15(4-2-14)21-10-13(7-16(21)23)8-19-17(24)20-6-5-12(9-20)11-22/h1-4,12-13,22H,5-11H2,(H,19,24). The van der Waals surface area contributed by atoms with Crippen LogP contribution >= 0.6 is 11.6 Å². The summed E-state index contributed by atoms with van der Waals surface area (Å²) in [6.07, 6.45) is 1.28. The van der Waals surface area contributed by atoms with Crippen molar-refractivity contribution >= 4 is 29.2 Å². The second-order valence-electron chi connectivity index (χ2n) is 6.52. The fourth-order valence-electron chi connectivity index (χ4n) is 3.30. The van der Waals surface area contributed by atoms with Crippen LogP contribution in [0.5, 0.6) is 0 Å². The van der Waals surface area contributed by atoms with Gasteiger partial charge in [-0.1, -0.05) is 11.6 Å². The van der Waals surface area contributed by atoms with Crippen molar-refractivity contribution in [1.82, 2.24) is 10.2 Å². The predicted octanol–water partition coefficient (Wildman–Crippen LogP) is 1.72. The number of nitrogens with zero attached hydrogens (tertiary/aromatic N) is 2. The molecule has 0 saturated carbocycles. The van der Waals surface area contributed by atoms with Gasteiger partial charge in [-0.25, -0.2) is 4.79 Å². The predicted molar refractivity (Wildman–Crippen MR) is 92.1 cm³/mol. The van der Waals surface area contributed by atoms with Crippen LogP contribution in [0.15, 0.2) is 24.3 Å². The molecule has 24 heavy (non-hydrogen) atoms. The Balaban J connectivity index is 1.49. The van der Waals surface area contributed by atoms with Gasteiger partial charge in [-0.15, -0.1) is 0 Å². The largest absolute Gasteiger partial charge is 0.396 e. The van der Waals surface area contributed by atoms with Crippen molar-refractivity contribution in [3.8, 4) is 0 Å². The van der Waals surface area contributed by atoms with Gasteiger partial charge in [0.25, 0.3) is 0 Å². The van der Waals surface area contributed by atoms with Crippen molar-refractivity contribution in [3.05, 3.63) is 29.3 Å². The van der Waals surface area contributed by atoms with Gasteiger partial charge in [-0.05, 0) is 30.7 Å². The molecule has 2 fully saturated rings. The van der Waals surface area contributed by atoms with Crippen LogP contribution in [-0.4, -0.2) is 54.7 Å². The maximum Gasteiger partial charge on any atom is 0.317 e. The van der Waals surface area contributed by atoms with Gasteiger partial charge in [0.15, 0.2) is 0 Å². The Kier molecular flexibility index (Phi) is 5.26. The van der Waals surface area contributed by atoms with Crippen LogP contribution in [0.1, 0.15) is 12.8 Å². The highest BCUT2D eigenvalue weighted by molar-refractivity contribution is 6.30. The van der Waals surface area contributed by atoms with Crippen molar-refractivity contribution in [2.24, 2.45) is 11.8 Å². The molecule has 130 valence electrons. The average Bonchev–Trinajstić information content (AvgIpc) is 3.20. The zero-order valence-corrected chi connectivity index (χ0v) is 14.2. The molecule has 1 aromatic rings. The summed E-state index contributed by atoms with van der Waals surface area (Å²) in [6.45, 7) is 2.48. The number of carbonyl (C=O) groups is 2. The van der Waals surface area contributed by atoms with Gasteiger partial charge in [0, 0.05) is 61.8 Å². The highest BCUT2D eigenvalue weighted by Gasteiger charge is 2.32. The molecule has 2 aliphatic rings. The average molecular weight is 352 g/mol. The van der Waals surface area contributed by atoms with E-state index in [1.165, 1.54) is 0 Å². The molecule has 2 saturated heterocycles. The van der Waals surface area contributed by atoms with Crippen LogP contribution in [0, 0.1) is 11.8 Å². The topological polar surface area (TPSA) is 72.9 Å². The monoisotopic (exact) mass is 351 g/mol. The fourth-order valence-corrected chi connectivity index (χ4v) is 3.42. The molecule has 0 bridgehead atoms. The second kappa shape index (κ2) is 7.40. The number of nitrogens with one attached hydrogen (secondary N) is 1. The first kappa shape index (κ1) is 17.0. The van der Waals surface area contributed by atoms with Gasteiger partial charge < -0.3 is 20.2 Å². The number of benzene rings is 1. The van der Waals surface area contributed by atoms with Gasteiger partial charge in [0.05, 0.1) is 0 Å². The van der Waals surface area contributed by atoms with Crippen molar-refractivity contribution in [2.75, 3.05) is 37.7 Å². The number of hydrogen-bond donors (Lipinski definition) is 2. The van der Waals surface area contributed by atoms with E-state index in [2.05, 4.69) is 5.32 Å². The lowest BCUT2D eigenvalue weighted by atomic mass is 10.1. The lowest BCUT2D eigenvalue weighted by Gasteiger charge is -2.19. The van der Waals surface area contributed by atoms with Crippen molar-refractivity contribution in [1.29, 1.82) is 0 Å². The van der Waals surface area contributed by atoms with E-state index in [0.717, 1.165) is 12.1 Å². The molecule has 2 N–H and O–H groups in total. The van der Waals surface area contributed by atoms with Gasteiger partial charge in [-0.3, -0.25) is 4.79 Å². The minimum atomic E-state index is -0.108. The third-order valence-corrected chi connectivity index (χ3v) is 4.97. The number of anilines is 1. The number of aliphatic hydroxyl groups is 1. The summed E-state index contributed by atoms with van der Waals surface area (Å²) >= 11 is 5.88. The molecule has 7 heteroatoms. The smallest absolute Gasteiger partial charge is 0.317 e. The fraction of sp³-hybridized carbons (Fsp3) is 0.529. The lowest BCUT2D eigenvalue weighted by Crippen LogP contribution is -2.41. The molecule has 2 atom stereocenters. The number of hydrogen-bond acceptors (Lipinski definition) is 3. The second-order valence-corrected chi connectivity index (χ2v) is 6.96. The minimum absolute atomic E-state index is 0.0677. The van der Waals surface area contributed by atoms with E-state index in [-0.39, 0.29) is 30.4 Å². The molecule has 2 aliphatic heterocycles. The number of likely N-dealkylation sites (tertiary alicyclic amines) is 1. The van der Waals surface area contributed by atoms with Crippen LogP contribution in [0.4, 0.5) is 10.5 Å². The molecule has 2 heterocycles. The van der Waals surface area contributed by atoms with Gasteiger partial charge >= 0.3 is 6.03 Å². The minimum Gasteiger partial charge on any atom is -0.396 e. The Morgan fingerprint density at radius 1 is 1.25 bits per heavy atom. The third-order valence-electron chi connectivity index (χ3n) is 4.72. The molecule has 3 rings (SSSR count). The Morgan fingerprint density at radius 3 is 2.67 bits per heavy atom. The normalized spacial score (nSPS) is 23.8. The van der Waals surface area contributed by atoms with Crippen molar-refractivity contribution < 1.29 is 14.7 Å². The van der Waals surface area contributed by atoms with E-state index in [0.29, 0.717) is 37.6 Å². The number of urea groups is 1. The van der Waals surface area contributed by atoms with Gasteiger partial charge in [-0.2, -0.15) is 0 Å². The number of rotatable bonds is 4. The first-order chi connectivity index (χ1) is 11.6. The number of carbonyl (C=O) groups excluding carboxylic acids is 2. The molecule has 3 amide bonds. The first-order valence-electron chi connectivity index (χ1n) is 8.26. The molecule has 0 aliphatic carbocycles.